The number of carbonyl (C=O) groups excluding carboxylic acids is 2. The number of nitrogens with one attached hydrogen (secondary N) is 1. The van der Waals surface area contributed by atoms with Gasteiger partial charge in [-0.2, -0.15) is 0 Å². The topological polar surface area (TPSA) is 71.8 Å². The summed E-state index contributed by atoms with van der Waals surface area (Å²) in [5, 5.41) is 2.78. The molecule has 0 saturated carbocycles. The molecule has 0 aromatic carbocycles. The number of carbonyl (C=O) groups is 2. The summed E-state index contributed by atoms with van der Waals surface area (Å²) in [5.41, 5.74) is 0. The van der Waals surface area contributed by atoms with Gasteiger partial charge >= 0.3 is 0 Å². The van der Waals surface area contributed by atoms with Crippen LogP contribution in [0.5, 0.6) is 0 Å². The van der Waals surface area contributed by atoms with Crippen LogP contribution in [0.2, 0.25) is 0 Å². The summed E-state index contributed by atoms with van der Waals surface area (Å²) in [7, 11) is 1.58. The fraction of sp³-hybridized carbons (Fsp3) is 0.571. The third-order valence-electron chi connectivity index (χ3n) is 3.36. The molecule has 0 aliphatic carbocycles. The number of ether oxygens (including phenoxy) is 1. The van der Waals surface area contributed by atoms with Gasteiger partial charge in [-0.25, -0.2) is 0 Å². The van der Waals surface area contributed by atoms with E-state index in [1.165, 1.54) is 0 Å². The number of likely N-dealkylation sites (tertiary alicyclic amines) is 1. The average molecular weight is 280 g/mol. The summed E-state index contributed by atoms with van der Waals surface area (Å²) in [6, 6.07) is 3.27. The smallest absolute Gasteiger partial charge is 0.242 e. The van der Waals surface area contributed by atoms with Crippen molar-refractivity contribution in [3.63, 3.8) is 0 Å². The standard InChI is InChI=1S/C14H20N2O4/c1-10-3-4-11(20-10)9-16-12(5-6-13(16)17)14(18)15-7-8-19-2/h3-4,12H,5-9H2,1-2H3,(H,15,18)/t12-/m0/s1. The SMILES string of the molecule is COCCNC(=O)[C@@H]1CCC(=O)N1Cc1ccc(C)o1. The van der Waals surface area contributed by atoms with Crippen LogP contribution in [-0.2, 0) is 20.9 Å². The van der Waals surface area contributed by atoms with Crippen molar-refractivity contribution < 1.29 is 18.7 Å². The summed E-state index contributed by atoms with van der Waals surface area (Å²) in [6.07, 6.45) is 0.958. The van der Waals surface area contributed by atoms with E-state index in [9.17, 15) is 9.59 Å². The van der Waals surface area contributed by atoms with Crippen LogP contribution in [0.1, 0.15) is 24.4 Å². The van der Waals surface area contributed by atoms with Gasteiger partial charge in [-0.05, 0) is 25.5 Å². The van der Waals surface area contributed by atoms with Crippen LogP contribution < -0.4 is 5.32 Å². The van der Waals surface area contributed by atoms with Gasteiger partial charge in [0.25, 0.3) is 0 Å². The van der Waals surface area contributed by atoms with Crippen molar-refractivity contribution in [3.8, 4) is 0 Å². The van der Waals surface area contributed by atoms with E-state index < -0.39 is 6.04 Å². The summed E-state index contributed by atoms with van der Waals surface area (Å²) in [5.74, 6) is 1.36. The second kappa shape index (κ2) is 6.56. The third-order valence-corrected chi connectivity index (χ3v) is 3.36. The molecule has 0 spiro atoms. The van der Waals surface area contributed by atoms with E-state index in [1.54, 1.807) is 12.0 Å². The molecule has 20 heavy (non-hydrogen) atoms. The summed E-state index contributed by atoms with van der Waals surface area (Å²) in [6.45, 7) is 3.11. The molecule has 2 amide bonds. The van der Waals surface area contributed by atoms with Crippen molar-refractivity contribution >= 4 is 11.8 Å². The Kier molecular flexibility index (Phi) is 4.79. The molecule has 110 valence electrons. The van der Waals surface area contributed by atoms with Gasteiger partial charge in [0, 0.05) is 20.1 Å². The van der Waals surface area contributed by atoms with Gasteiger partial charge in [-0.15, -0.1) is 0 Å². The molecule has 1 aromatic heterocycles. The van der Waals surface area contributed by atoms with Gasteiger partial charge in [-0.3, -0.25) is 9.59 Å². The van der Waals surface area contributed by atoms with E-state index in [-0.39, 0.29) is 11.8 Å². The van der Waals surface area contributed by atoms with Crippen LogP contribution in [0, 0.1) is 6.92 Å². The molecule has 1 aliphatic rings. The largest absolute Gasteiger partial charge is 0.464 e. The Morgan fingerprint density at radius 1 is 1.55 bits per heavy atom. The predicted molar refractivity (Wildman–Crippen MR) is 71.9 cm³/mol. The number of nitrogens with zero attached hydrogens (tertiary/aromatic N) is 1. The highest BCUT2D eigenvalue weighted by Crippen LogP contribution is 2.22. The van der Waals surface area contributed by atoms with E-state index in [2.05, 4.69) is 5.32 Å². The number of furan rings is 1. The highest BCUT2D eigenvalue weighted by atomic mass is 16.5. The highest BCUT2D eigenvalue weighted by Gasteiger charge is 2.36. The number of methoxy groups -OCH3 is 1. The second-order valence-electron chi connectivity index (χ2n) is 4.87. The van der Waals surface area contributed by atoms with E-state index in [1.807, 2.05) is 19.1 Å². The predicted octanol–water partition coefficient (Wildman–Crippen LogP) is 0.842. The molecule has 1 fully saturated rings. The maximum Gasteiger partial charge on any atom is 0.242 e. The first-order valence-corrected chi connectivity index (χ1v) is 6.73. The van der Waals surface area contributed by atoms with E-state index in [0.717, 1.165) is 5.76 Å². The number of amides is 2. The zero-order valence-electron chi connectivity index (χ0n) is 11.8. The lowest BCUT2D eigenvalue weighted by Gasteiger charge is -2.23. The lowest BCUT2D eigenvalue weighted by atomic mass is 10.2. The van der Waals surface area contributed by atoms with Gasteiger partial charge in [0.2, 0.25) is 11.8 Å². The van der Waals surface area contributed by atoms with Crippen LogP contribution in [0.25, 0.3) is 0 Å². The van der Waals surface area contributed by atoms with Crippen LogP contribution in [-0.4, -0.2) is 43.0 Å². The third kappa shape index (κ3) is 3.39. The molecule has 1 aliphatic heterocycles. The van der Waals surface area contributed by atoms with E-state index in [4.69, 9.17) is 9.15 Å². The Labute approximate surface area is 118 Å². The lowest BCUT2D eigenvalue weighted by Crippen LogP contribution is -2.45. The molecule has 6 nitrogen and oxygen atoms in total. The molecule has 1 N–H and O–H groups in total. The Bertz CT molecular complexity index is 483. The maximum absolute atomic E-state index is 12.1. The second-order valence-corrected chi connectivity index (χ2v) is 4.87. The van der Waals surface area contributed by atoms with Crippen molar-refractivity contribution in [3.05, 3.63) is 23.7 Å². The first-order valence-electron chi connectivity index (χ1n) is 6.73. The van der Waals surface area contributed by atoms with Gasteiger partial charge in [0.15, 0.2) is 0 Å². The minimum atomic E-state index is -0.412. The van der Waals surface area contributed by atoms with Crippen molar-refractivity contribution in [2.24, 2.45) is 0 Å². The summed E-state index contributed by atoms with van der Waals surface area (Å²) in [4.78, 5) is 25.6. The molecule has 1 saturated heterocycles. The van der Waals surface area contributed by atoms with Gasteiger partial charge < -0.3 is 19.4 Å². The molecule has 6 heteroatoms. The zero-order chi connectivity index (χ0) is 14.5. The normalized spacial score (nSPS) is 18.6. The number of rotatable bonds is 6. The first kappa shape index (κ1) is 14.6. The molecule has 1 atom stereocenters. The summed E-state index contributed by atoms with van der Waals surface area (Å²) >= 11 is 0. The molecule has 2 rings (SSSR count). The first-order chi connectivity index (χ1) is 9.61. The molecule has 0 radical (unpaired) electrons. The van der Waals surface area contributed by atoms with Crippen LogP contribution in [0.3, 0.4) is 0 Å². The quantitative estimate of drug-likeness (QED) is 0.784. The maximum atomic E-state index is 12.1. The monoisotopic (exact) mass is 280 g/mol. The van der Waals surface area contributed by atoms with Gasteiger partial charge in [0.05, 0.1) is 13.2 Å². The molecular formula is C14H20N2O4. The van der Waals surface area contributed by atoms with Gasteiger partial charge in [-0.1, -0.05) is 0 Å². The zero-order valence-corrected chi connectivity index (χ0v) is 11.8. The number of aryl methyl sites for hydroxylation is 1. The Morgan fingerprint density at radius 2 is 2.35 bits per heavy atom. The minimum Gasteiger partial charge on any atom is -0.464 e. The Hall–Kier alpha value is -1.82. The highest BCUT2D eigenvalue weighted by molar-refractivity contribution is 5.90. The fourth-order valence-corrected chi connectivity index (χ4v) is 2.34. The van der Waals surface area contributed by atoms with Crippen LogP contribution >= 0.6 is 0 Å². The average Bonchev–Trinajstić information content (AvgIpc) is 2.98. The van der Waals surface area contributed by atoms with Crippen molar-refractivity contribution in [1.82, 2.24) is 10.2 Å². The van der Waals surface area contributed by atoms with Crippen molar-refractivity contribution in [1.29, 1.82) is 0 Å². The lowest BCUT2D eigenvalue weighted by molar-refractivity contribution is -0.136. The van der Waals surface area contributed by atoms with Crippen LogP contribution in [0.15, 0.2) is 16.5 Å². The molecule has 0 unspecified atom stereocenters. The van der Waals surface area contributed by atoms with E-state index >= 15 is 0 Å². The number of hydrogen-bond donors (Lipinski definition) is 1. The van der Waals surface area contributed by atoms with Crippen LogP contribution in [0.4, 0.5) is 0 Å². The molecule has 1 aromatic rings. The van der Waals surface area contributed by atoms with E-state index in [0.29, 0.717) is 38.3 Å². The minimum absolute atomic E-state index is 0.00838. The fourth-order valence-electron chi connectivity index (χ4n) is 2.34. The Morgan fingerprint density at radius 3 is 3.00 bits per heavy atom. The van der Waals surface area contributed by atoms with Crippen molar-refractivity contribution in [2.45, 2.75) is 32.4 Å². The molecule has 2 heterocycles. The number of hydrogen-bond acceptors (Lipinski definition) is 4. The summed E-state index contributed by atoms with van der Waals surface area (Å²) < 4.78 is 10.4. The Balaban J connectivity index is 1.97. The van der Waals surface area contributed by atoms with Gasteiger partial charge in [0.1, 0.15) is 17.6 Å². The molecule has 0 bridgehead atoms. The van der Waals surface area contributed by atoms with Crippen molar-refractivity contribution in [2.75, 3.05) is 20.3 Å². The molecular weight excluding hydrogens is 260 g/mol.